The summed E-state index contributed by atoms with van der Waals surface area (Å²) in [6, 6.07) is 0. The standard InChI is InChI=1S/C10H13F3N4O2/c1-2-3-4-14-8(18)6-17-5-7(15-16-17)9(19)10(11,12)13/h5H,2-4,6H2,1H3,(H,14,18). The molecule has 0 aromatic carbocycles. The number of carbonyl (C=O) groups is 2. The highest BCUT2D eigenvalue weighted by Gasteiger charge is 2.41. The second-order valence-electron chi connectivity index (χ2n) is 3.83. The van der Waals surface area contributed by atoms with E-state index in [-0.39, 0.29) is 6.54 Å². The summed E-state index contributed by atoms with van der Waals surface area (Å²) < 4.78 is 37.2. The van der Waals surface area contributed by atoms with Crippen LogP contribution in [0.3, 0.4) is 0 Å². The number of nitrogens with one attached hydrogen (secondary N) is 1. The van der Waals surface area contributed by atoms with Crippen LogP contribution in [0, 0.1) is 0 Å². The lowest BCUT2D eigenvalue weighted by Crippen LogP contribution is -2.28. The Morgan fingerprint density at radius 3 is 2.68 bits per heavy atom. The molecule has 1 rings (SSSR count). The fourth-order valence-corrected chi connectivity index (χ4v) is 1.23. The molecule has 0 bridgehead atoms. The van der Waals surface area contributed by atoms with E-state index in [1.807, 2.05) is 6.92 Å². The molecule has 0 atom stereocenters. The molecule has 0 saturated heterocycles. The summed E-state index contributed by atoms with van der Waals surface area (Å²) in [6.45, 7) is 2.17. The molecule has 1 amide bonds. The van der Waals surface area contributed by atoms with E-state index in [9.17, 15) is 22.8 Å². The molecule has 0 radical (unpaired) electrons. The minimum Gasteiger partial charge on any atom is -0.354 e. The highest BCUT2D eigenvalue weighted by molar-refractivity contribution is 5.98. The molecule has 106 valence electrons. The molecular formula is C10H13F3N4O2. The molecule has 6 nitrogen and oxygen atoms in total. The summed E-state index contributed by atoms with van der Waals surface area (Å²) in [5, 5.41) is 8.97. The molecule has 0 aliphatic carbocycles. The Labute approximate surface area is 107 Å². The number of amides is 1. The van der Waals surface area contributed by atoms with E-state index in [0.29, 0.717) is 6.54 Å². The SMILES string of the molecule is CCCCNC(=O)Cn1cc(C(=O)C(F)(F)F)nn1. The molecule has 0 aliphatic rings. The van der Waals surface area contributed by atoms with Gasteiger partial charge in [0.2, 0.25) is 5.91 Å². The maximum atomic E-state index is 12.1. The highest BCUT2D eigenvalue weighted by atomic mass is 19.4. The molecule has 19 heavy (non-hydrogen) atoms. The largest absolute Gasteiger partial charge is 0.456 e. The number of Topliss-reactive ketones (excluding diaryl/α,β-unsaturated/α-hetero) is 1. The van der Waals surface area contributed by atoms with Gasteiger partial charge >= 0.3 is 6.18 Å². The first-order valence-electron chi connectivity index (χ1n) is 5.63. The Morgan fingerprint density at radius 1 is 1.42 bits per heavy atom. The molecule has 9 heteroatoms. The van der Waals surface area contributed by atoms with Gasteiger partial charge in [-0.05, 0) is 6.42 Å². The van der Waals surface area contributed by atoms with Crippen molar-refractivity contribution in [1.29, 1.82) is 0 Å². The summed E-state index contributed by atoms with van der Waals surface area (Å²) >= 11 is 0. The number of hydrogen-bond acceptors (Lipinski definition) is 4. The number of ketones is 1. The molecule has 0 spiro atoms. The number of rotatable bonds is 6. The second kappa shape index (κ2) is 6.30. The lowest BCUT2D eigenvalue weighted by molar-refractivity contribution is -0.121. The Kier molecular flexibility index (Phi) is 5.02. The van der Waals surface area contributed by atoms with Crippen LogP contribution in [0.25, 0.3) is 0 Å². The highest BCUT2D eigenvalue weighted by Crippen LogP contribution is 2.19. The van der Waals surface area contributed by atoms with Crippen LogP contribution in [-0.4, -0.2) is 39.4 Å². The van der Waals surface area contributed by atoms with Crippen molar-refractivity contribution < 1.29 is 22.8 Å². The van der Waals surface area contributed by atoms with E-state index in [1.54, 1.807) is 0 Å². The van der Waals surface area contributed by atoms with E-state index in [1.165, 1.54) is 0 Å². The zero-order chi connectivity index (χ0) is 14.5. The number of aromatic nitrogens is 3. The van der Waals surface area contributed by atoms with Crippen molar-refractivity contribution >= 4 is 11.7 Å². The van der Waals surface area contributed by atoms with Crippen LogP contribution in [0.2, 0.25) is 0 Å². The lowest BCUT2D eigenvalue weighted by Gasteiger charge is -2.03. The molecular weight excluding hydrogens is 265 g/mol. The summed E-state index contributed by atoms with van der Waals surface area (Å²) in [6.07, 6.45) is -2.48. The van der Waals surface area contributed by atoms with Crippen LogP contribution in [0.1, 0.15) is 30.3 Å². The normalized spacial score (nSPS) is 11.4. The summed E-state index contributed by atoms with van der Waals surface area (Å²) in [5.41, 5.74) is -0.825. The third-order valence-electron chi connectivity index (χ3n) is 2.19. The zero-order valence-electron chi connectivity index (χ0n) is 10.2. The molecule has 1 heterocycles. The Bertz CT molecular complexity index is 456. The predicted octanol–water partition coefficient (Wildman–Crippen LogP) is 0.939. The van der Waals surface area contributed by atoms with E-state index in [4.69, 9.17) is 0 Å². The topological polar surface area (TPSA) is 76.9 Å². The Morgan fingerprint density at radius 2 is 2.11 bits per heavy atom. The molecule has 0 saturated carbocycles. The molecule has 0 aliphatic heterocycles. The van der Waals surface area contributed by atoms with E-state index < -0.39 is 23.6 Å². The Balaban J connectivity index is 2.56. The van der Waals surface area contributed by atoms with Crippen LogP contribution in [0.4, 0.5) is 13.2 Å². The van der Waals surface area contributed by atoms with E-state index >= 15 is 0 Å². The molecule has 1 aromatic heterocycles. The monoisotopic (exact) mass is 278 g/mol. The molecule has 1 N–H and O–H groups in total. The van der Waals surface area contributed by atoms with Gasteiger partial charge < -0.3 is 5.32 Å². The average molecular weight is 278 g/mol. The van der Waals surface area contributed by atoms with Crippen LogP contribution in [-0.2, 0) is 11.3 Å². The number of alkyl halides is 3. The van der Waals surface area contributed by atoms with Gasteiger partial charge in [-0.1, -0.05) is 18.6 Å². The van der Waals surface area contributed by atoms with Gasteiger partial charge in [0.1, 0.15) is 6.54 Å². The number of halogens is 3. The first-order valence-corrected chi connectivity index (χ1v) is 5.63. The molecule has 1 aromatic rings. The van der Waals surface area contributed by atoms with Crippen molar-refractivity contribution in [2.45, 2.75) is 32.5 Å². The first kappa shape index (κ1) is 15.1. The first-order chi connectivity index (χ1) is 8.84. The predicted molar refractivity (Wildman–Crippen MR) is 58.3 cm³/mol. The maximum Gasteiger partial charge on any atom is 0.456 e. The third-order valence-corrected chi connectivity index (χ3v) is 2.19. The fraction of sp³-hybridized carbons (Fsp3) is 0.600. The van der Waals surface area contributed by atoms with Gasteiger partial charge in [0, 0.05) is 6.54 Å². The van der Waals surface area contributed by atoms with E-state index in [0.717, 1.165) is 23.7 Å². The van der Waals surface area contributed by atoms with E-state index in [2.05, 4.69) is 15.6 Å². The summed E-state index contributed by atoms with van der Waals surface area (Å²) in [4.78, 5) is 22.2. The van der Waals surface area contributed by atoms with Crippen LogP contribution >= 0.6 is 0 Å². The third kappa shape index (κ3) is 4.68. The van der Waals surface area contributed by atoms with Crippen LogP contribution in [0.5, 0.6) is 0 Å². The maximum absolute atomic E-state index is 12.1. The van der Waals surface area contributed by atoms with Gasteiger partial charge in [-0.25, -0.2) is 4.68 Å². The molecule has 0 fully saturated rings. The average Bonchev–Trinajstić information content (AvgIpc) is 2.75. The van der Waals surface area contributed by atoms with Crippen molar-refractivity contribution in [3.8, 4) is 0 Å². The number of carbonyl (C=O) groups excluding carboxylic acids is 2. The summed E-state index contributed by atoms with van der Waals surface area (Å²) in [7, 11) is 0. The summed E-state index contributed by atoms with van der Waals surface area (Å²) in [5.74, 6) is -2.48. The van der Waals surface area contributed by atoms with Crippen molar-refractivity contribution in [3.05, 3.63) is 11.9 Å². The number of hydrogen-bond donors (Lipinski definition) is 1. The fourth-order valence-electron chi connectivity index (χ4n) is 1.23. The van der Waals surface area contributed by atoms with Crippen LogP contribution < -0.4 is 5.32 Å². The van der Waals surface area contributed by atoms with Gasteiger partial charge in [-0.15, -0.1) is 5.10 Å². The smallest absolute Gasteiger partial charge is 0.354 e. The van der Waals surface area contributed by atoms with Crippen LogP contribution in [0.15, 0.2) is 6.20 Å². The Hall–Kier alpha value is -1.93. The van der Waals surface area contributed by atoms with Gasteiger partial charge in [0.25, 0.3) is 5.78 Å². The minimum atomic E-state index is -5.00. The van der Waals surface area contributed by atoms with Gasteiger partial charge in [0.15, 0.2) is 5.69 Å². The molecule has 0 unspecified atom stereocenters. The quantitative estimate of drug-likeness (QED) is 0.620. The van der Waals surface area contributed by atoms with Gasteiger partial charge in [0.05, 0.1) is 6.20 Å². The lowest BCUT2D eigenvalue weighted by atomic mass is 10.3. The number of nitrogens with zero attached hydrogens (tertiary/aromatic N) is 3. The number of unbranched alkanes of at least 4 members (excludes halogenated alkanes) is 1. The van der Waals surface area contributed by atoms with Crippen molar-refractivity contribution in [2.75, 3.05) is 6.54 Å². The second-order valence-corrected chi connectivity index (χ2v) is 3.83. The minimum absolute atomic E-state index is 0.276. The van der Waals surface area contributed by atoms with Gasteiger partial charge in [-0.3, -0.25) is 9.59 Å². The van der Waals surface area contributed by atoms with Crippen molar-refractivity contribution in [2.24, 2.45) is 0 Å². The van der Waals surface area contributed by atoms with Crippen molar-refractivity contribution in [1.82, 2.24) is 20.3 Å². The van der Waals surface area contributed by atoms with Crippen molar-refractivity contribution in [3.63, 3.8) is 0 Å². The zero-order valence-corrected chi connectivity index (χ0v) is 10.2. The van der Waals surface area contributed by atoms with Gasteiger partial charge in [-0.2, -0.15) is 13.2 Å².